The topological polar surface area (TPSA) is 73.6 Å². The monoisotopic (exact) mass is 315 g/mol. The Kier molecular flexibility index (Phi) is 4.39. The summed E-state index contributed by atoms with van der Waals surface area (Å²) in [4.78, 5) is 8.52. The summed E-state index contributed by atoms with van der Waals surface area (Å²) >= 11 is 0. The number of aryl methyl sites for hydroxylation is 2. The molecule has 118 valence electrons. The van der Waals surface area contributed by atoms with Crippen molar-refractivity contribution < 1.29 is 0 Å². The van der Waals surface area contributed by atoms with Gasteiger partial charge in [0.1, 0.15) is 18.0 Å². The molecule has 0 saturated heterocycles. The van der Waals surface area contributed by atoms with E-state index in [0.29, 0.717) is 11.4 Å². The number of nitrogens with one attached hydrogen (secondary N) is 2. The zero-order valence-electron chi connectivity index (χ0n) is 13.5. The van der Waals surface area contributed by atoms with E-state index in [-0.39, 0.29) is 0 Å². The van der Waals surface area contributed by atoms with Crippen LogP contribution in [-0.2, 0) is 0 Å². The minimum atomic E-state index is 0.626. The SMILES string of the molecule is Cc1cccc(C)c1Nc1cc(Nc2ccc(C#N)cc2)ncn1. The lowest BCUT2D eigenvalue weighted by Crippen LogP contribution is -2.00. The van der Waals surface area contributed by atoms with E-state index in [0.717, 1.165) is 28.3 Å². The quantitative estimate of drug-likeness (QED) is 0.744. The highest BCUT2D eigenvalue weighted by Gasteiger charge is 2.05. The van der Waals surface area contributed by atoms with E-state index < -0.39 is 0 Å². The number of benzene rings is 2. The van der Waals surface area contributed by atoms with Gasteiger partial charge < -0.3 is 10.6 Å². The van der Waals surface area contributed by atoms with Crippen LogP contribution in [0.3, 0.4) is 0 Å². The van der Waals surface area contributed by atoms with Crippen molar-refractivity contribution in [2.75, 3.05) is 10.6 Å². The van der Waals surface area contributed by atoms with Gasteiger partial charge in [0.15, 0.2) is 0 Å². The highest BCUT2D eigenvalue weighted by atomic mass is 15.1. The van der Waals surface area contributed by atoms with E-state index in [9.17, 15) is 0 Å². The summed E-state index contributed by atoms with van der Waals surface area (Å²) in [7, 11) is 0. The Morgan fingerprint density at radius 2 is 1.50 bits per heavy atom. The summed E-state index contributed by atoms with van der Waals surface area (Å²) in [5, 5.41) is 15.4. The highest BCUT2D eigenvalue weighted by molar-refractivity contribution is 5.67. The van der Waals surface area contributed by atoms with Crippen LogP contribution in [-0.4, -0.2) is 9.97 Å². The first-order valence-electron chi connectivity index (χ1n) is 7.58. The molecule has 0 fully saturated rings. The Morgan fingerprint density at radius 1 is 0.875 bits per heavy atom. The number of nitriles is 1. The van der Waals surface area contributed by atoms with Crippen LogP contribution < -0.4 is 10.6 Å². The Balaban J connectivity index is 1.80. The van der Waals surface area contributed by atoms with Crippen molar-refractivity contribution in [3.63, 3.8) is 0 Å². The molecule has 5 nitrogen and oxygen atoms in total. The van der Waals surface area contributed by atoms with Gasteiger partial charge in [0.05, 0.1) is 11.6 Å². The van der Waals surface area contributed by atoms with Crippen molar-refractivity contribution in [2.24, 2.45) is 0 Å². The Morgan fingerprint density at radius 3 is 2.12 bits per heavy atom. The molecule has 0 unspecified atom stereocenters. The number of rotatable bonds is 4. The maximum Gasteiger partial charge on any atom is 0.135 e. The molecule has 3 rings (SSSR count). The lowest BCUT2D eigenvalue weighted by molar-refractivity contribution is 1.16. The van der Waals surface area contributed by atoms with Crippen LogP contribution in [0.4, 0.5) is 23.0 Å². The number of hydrogen-bond acceptors (Lipinski definition) is 5. The molecule has 2 N–H and O–H groups in total. The van der Waals surface area contributed by atoms with Gasteiger partial charge in [-0.1, -0.05) is 18.2 Å². The molecule has 0 atom stereocenters. The smallest absolute Gasteiger partial charge is 0.135 e. The Hall–Kier alpha value is -3.39. The molecule has 0 saturated carbocycles. The van der Waals surface area contributed by atoms with Crippen molar-refractivity contribution in [2.45, 2.75) is 13.8 Å². The van der Waals surface area contributed by atoms with E-state index in [1.165, 1.54) is 6.33 Å². The van der Waals surface area contributed by atoms with E-state index in [2.05, 4.69) is 52.7 Å². The van der Waals surface area contributed by atoms with Gasteiger partial charge in [0.2, 0.25) is 0 Å². The van der Waals surface area contributed by atoms with Gasteiger partial charge in [0, 0.05) is 17.4 Å². The average Bonchev–Trinajstić information content (AvgIpc) is 2.59. The summed E-state index contributed by atoms with van der Waals surface area (Å²) in [6, 6.07) is 17.3. The minimum absolute atomic E-state index is 0.626. The summed E-state index contributed by atoms with van der Waals surface area (Å²) < 4.78 is 0. The first-order valence-corrected chi connectivity index (χ1v) is 7.58. The summed E-state index contributed by atoms with van der Waals surface area (Å²) in [5.74, 6) is 1.40. The fourth-order valence-electron chi connectivity index (χ4n) is 2.41. The zero-order valence-corrected chi connectivity index (χ0v) is 13.5. The standard InChI is InChI=1S/C19H17N5/c1-13-4-3-5-14(2)19(13)24-18-10-17(21-12-22-18)23-16-8-6-15(11-20)7-9-16/h3-10,12H,1-2H3,(H2,21,22,23,24). The summed E-state index contributed by atoms with van der Waals surface area (Å²) in [6.07, 6.45) is 1.52. The van der Waals surface area contributed by atoms with E-state index in [4.69, 9.17) is 5.26 Å². The van der Waals surface area contributed by atoms with Gasteiger partial charge in [-0.05, 0) is 49.2 Å². The fourth-order valence-corrected chi connectivity index (χ4v) is 2.41. The zero-order chi connectivity index (χ0) is 16.9. The molecule has 1 aromatic heterocycles. The van der Waals surface area contributed by atoms with Gasteiger partial charge in [-0.2, -0.15) is 5.26 Å². The molecule has 0 aliphatic carbocycles. The molecule has 0 radical (unpaired) electrons. The van der Waals surface area contributed by atoms with Crippen LogP contribution >= 0.6 is 0 Å². The molecule has 0 spiro atoms. The van der Waals surface area contributed by atoms with Crippen LogP contribution in [0.25, 0.3) is 0 Å². The maximum atomic E-state index is 8.84. The van der Waals surface area contributed by atoms with Gasteiger partial charge in [-0.25, -0.2) is 9.97 Å². The molecular formula is C19H17N5. The molecule has 0 aliphatic rings. The van der Waals surface area contributed by atoms with E-state index in [1.54, 1.807) is 12.1 Å². The first kappa shape index (κ1) is 15.5. The lowest BCUT2D eigenvalue weighted by atomic mass is 10.1. The van der Waals surface area contributed by atoms with Gasteiger partial charge in [0.25, 0.3) is 0 Å². The Labute approximate surface area is 141 Å². The maximum absolute atomic E-state index is 8.84. The van der Waals surface area contributed by atoms with Crippen LogP contribution in [0.5, 0.6) is 0 Å². The molecular weight excluding hydrogens is 298 g/mol. The molecule has 1 heterocycles. The predicted octanol–water partition coefficient (Wildman–Crippen LogP) is 4.45. The lowest BCUT2D eigenvalue weighted by Gasteiger charge is -2.13. The predicted molar refractivity (Wildman–Crippen MR) is 95.7 cm³/mol. The molecule has 0 aliphatic heterocycles. The van der Waals surface area contributed by atoms with Crippen molar-refractivity contribution in [1.29, 1.82) is 5.26 Å². The van der Waals surface area contributed by atoms with Gasteiger partial charge >= 0.3 is 0 Å². The third-order valence-electron chi connectivity index (χ3n) is 3.69. The largest absolute Gasteiger partial charge is 0.340 e. The molecule has 3 aromatic rings. The highest BCUT2D eigenvalue weighted by Crippen LogP contribution is 2.24. The third-order valence-corrected chi connectivity index (χ3v) is 3.69. The summed E-state index contributed by atoms with van der Waals surface area (Å²) in [6.45, 7) is 4.12. The van der Waals surface area contributed by atoms with Crippen LogP contribution in [0.15, 0.2) is 54.9 Å². The van der Waals surface area contributed by atoms with Crippen molar-refractivity contribution >= 4 is 23.0 Å². The van der Waals surface area contributed by atoms with Crippen LogP contribution in [0, 0.1) is 25.2 Å². The van der Waals surface area contributed by atoms with Gasteiger partial charge in [-0.3, -0.25) is 0 Å². The van der Waals surface area contributed by atoms with Crippen molar-refractivity contribution in [1.82, 2.24) is 9.97 Å². The number of anilines is 4. The molecule has 24 heavy (non-hydrogen) atoms. The summed E-state index contributed by atoms with van der Waals surface area (Å²) in [5.41, 5.74) is 4.87. The third kappa shape index (κ3) is 3.50. The number of nitrogens with zero attached hydrogens (tertiary/aromatic N) is 3. The minimum Gasteiger partial charge on any atom is -0.340 e. The second-order valence-electron chi connectivity index (χ2n) is 5.49. The Bertz CT molecular complexity index is 874. The number of para-hydroxylation sites is 1. The molecule has 0 amide bonds. The molecule has 5 heteroatoms. The van der Waals surface area contributed by atoms with E-state index in [1.807, 2.05) is 24.3 Å². The molecule has 2 aromatic carbocycles. The van der Waals surface area contributed by atoms with Crippen molar-refractivity contribution in [3.05, 3.63) is 71.5 Å². The second kappa shape index (κ2) is 6.80. The number of aromatic nitrogens is 2. The average molecular weight is 315 g/mol. The van der Waals surface area contributed by atoms with Crippen molar-refractivity contribution in [3.8, 4) is 6.07 Å². The fraction of sp³-hybridized carbons (Fsp3) is 0.105. The first-order chi connectivity index (χ1) is 11.7. The van der Waals surface area contributed by atoms with Crippen LogP contribution in [0.2, 0.25) is 0 Å². The second-order valence-corrected chi connectivity index (χ2v) is 5.49. The van der Waals surface area contributed by atoms with E-state index >= 15 is 0 Å². The van der Waals surface area contributed by atoms with Gasteiger partial charge in [-0.15, -0.1) is 0 Å². The number of hydrogen-bond donors (Lipinski definition) is 2. The molecule has 0 bridgehead atoms. The normalized spacial score (nSPS) is 10.0. The van der Waals surface area contributed by atoms with Crippen LogP contribution in [0.1, 0.15) is 16.7 Å².